The van der Waals surface area contributed by atoms with Crippen LogP contribution in [0.1, 0.15) is 40.0 Å². The van der Waals surface area contributed by atoms with Crippen molar-refractivity contribution in [2.45, 2.75) is 40.0 Å². The number of carboxylic acids is 1. The second-order valence-corrected chi connectivity index (χ2v) is 3.96. The summed E-state index contributed by atoms with van der Waals surface area (Å²) in [7, 11) is 0. The van der Waals surface area contributed by atoms with Crippen molar-refractivity contribution in [1.29, 1.82) is 0 Å². The molecule has 0 fully saturated rings. The van der Waals surface area contributed by atoms with Gasteiger partial charge < -0.3 is 10.2 Å². The third kappa shape index (κ3) is 4.98. The van der Waals surface area contributed by atoms with Gasteiger partial charge in [-0.25, -0.2) is 4.79 Å². The average molecular weight is 214 g/mol. The summed E-state index contributed by atoms with van der Waals surface area (Å²) >= 11 is 0. The average Bonchev–Trinajstić information content (AvgIpc) is 2.19. The lowest BCUT2D eigenvalue weighted by atomic mass is 9.86. The van der Waals surface area contributed by atoms with Gasteiger partial charge in [-0.3, -0.25) is 0 Å². The van der Waals surface area contributed by atoms with Crippen molar-refractivity contribution in [3.63, 3.8) is 0 Å². The first-order chi connectivity index (χ1) is 7.06. The Morgan fingerprint density at radius 1 is 1.40 bits per heavy atom. The van der Waals surface area contributed by atoms with E-state index in [1.165, 1.54) is 0 Å². The first kappa shape index (κ1) is 14.2. The van der Waals surface area contributed by atoms with E-state index in [1.54, 1.807) is 13.0 Å². The Kier molecular flexibility index (Phi) is 7.05. The molecule has 2 atom stereocenters. The topological polar surface area (TPSA) is 57.5 Å². The molecule has 88 valence electrons. The molecule has 0 heterocycles. The van der Waals surface area contributed by atoms with Gasteiger partial charge in [-0.15, -0.1) is 0 Å². The van der Waals surface area contributed by atoms with Crippen molar-refractivity contribution >= 4 is 5.97 Å². The highest BCUT2D eigenvalue weighted by molar-refractivity contribution is 5.85. The summed E-state index contributed by atoms with van der Waals surface area (Å²) < 4.78 is 0. The van der Waals surface area contributed by atoms with Crippen LogP contribution in [-0.2, 0) is 4.79 Å². The monoisotopic (exact) mass is 214 g/mol. The number of hydrogen-bond acceptors (Lipinski definition) is 2. The van der Waals surface area contributed by atoms with Gasteiger partial charge >= 0.3 is 5.97 Å². The largest absolute Gasteiger partial charge is 0.478 e. The molecule has 2 N–H and O–H groups in total. The van der Waals surface area contributed by atoms with Gasteiger partial charge in [0.05, 0.1) is 0 Å². The van der Waals surface area contributed by atoms with Crippen LogP contribution in [0.4, 0.5) is 0 Å². The first-order valence-electron chi connectivity index (χ1n) is 5.59. The summed E-state index contributed by atoms with van der Waals surface area (Å²) in [6.45, 7) is 5.83. The van der Waals surface area contributed by atoms with E-state index in [1.807, 2.05) is 6.92 Å². The number of hydrogen-bond donors (Lipinski definition) is 2. The van der Waals surface area contributed by atoms with E-state index in [4.69, 9.17) is 5.11 Å². The molecule has 0 aliphatic rings. The predicted octanol–water partition coefficient (Wildman–Crippen LogP) is 2.45. The first-order valence-corrected chi connectivity index (χ1v) is 5.59. The van der Waals surface area contributed by atoms with Crippen molar-refractivity contribution in [3.05, 3.63) is 11.6 Å². The normalized spacial score (nSPS) is 16.1. The number of rotatable bonds is 7. The summed E-state index contributed by atoms with van der Waals surface area (Å²) in [6, 6.07) is 0. The van der Waals surface area contributed by atoms with Crippen molar-refractivity contribution in [3.8, 4) is 0 Å². The molecule has 0 aromatic carbocycles. The minimum Gasteiger partial charge on any atom is -0.478 e. The molecule has 0 rings (SSSR count). The molecular weight excluding hydrogens is 192 g/mol. The molecule has 0 saturated heterocycles. The number of carbonyl (C=O) groups is 1. The number of carboxylic acid groups (broad SMARTS) is 1. The fraction of sp³-hybridized carbons (Fsp3) is 0.750. The summed E-state index contributed by atoms with van der Waals surface area (Å²) in [6.07, 6.45) is 4.61. The molecular formula is C12H22O3. The summed E-state index contributed by atoms with van der Waals surface area (Å²) in [4.78, 5) is 10.7. The lowest BCUT2D eigenvalue weighted by Gasteiger charge is -2.21. The van der Waals surface area contributed by atoms with Gasteiger partial charge in [-0.2, -0.15) is 0 Å². The molecule has 3 heteroatoms. The lowest BCUT2D eigenvalue weighted by Crippen LogP contribution is -2.17. The zero-order valence-electron chi connectivity index (χ0n) is 9.86. The molecule has 0 saturated carbocycles. The quantitative estimate of drug-likeness (QED) is 0.640. The van der Waals surface area contributed by atoms with E-state index >= 15 is 0 Å². The van der Waals surface area contributed by atoms with E-state index in [0.29, 0.717) is 5.57 Å². The molecule has 0 amide bonds. The molecule has 15 heavy (non-hydrogen) atoms. The van der Waals surface area contributed by atoms with Crippen LogP contribution in [0.3, 0.4) is 0 Å². The van der Waals surface area contributed by atoms with Gasteiger partial charge in [0, 0.05) is 12.2 Å². The van der Waals surface area contributed by atoms with Crippen LogP contribution in [-0.4, -0.2) is 22.8 Å². The van der Waals surface area contributed by atoms with Crippen molar-refractivity contribution in [2.24, 2.45) is 11.8 Å². The number of aliphatic carboxylic acids is 1. The van der Waals surface area contributed by atoms with Crippen LogP contribution in [0.15, 0.2) is 11.6 Å². The smallest absolute Gasteiger partial charge is 0.330 e. The summed E-state index contributed by atoms with van der Waals surface area (Å²) in [5.74, 6) is -0.510. The van der Waals surface area contributed by atoms with E-state index in [0.717, 1.165) is 19.3 Å². The zero-order valence-corrected chi connectivity index (χ0v) is 9.86. The van der Waals surface area contributed by atoms with Gasteiger partial charge in [0.1, 0.15) is 0 Å². The molecule has 0 radical (unpaired) electrons. The van der Waals surface area contributed by atoms with E-state index in [9.17, 15) is 9.90 Å². The van der Waals surface area contributed by atoms with Crippen molar-refractivity contribution < 1.29 is 15.0 Å². The fourth-order valence-corrected chi connectivity index (χ4v) is 1.75. The number of allylic oxidation sites excluding steroid dienone is 1. The highest BCUT2D eigenvalue weighted by atomic mass is 16.4. The van der Waals surface area contributed by atoms with Gasteiger partial charge in [-0.1, -0.05) is 32.8 Å². The van der Waals surface area contributed by atoms with Crippen LogP contribution in [0, 0.1) is 11.8 Å². The Hall–Kier alpha value is -0.830. The van der Waals surface area contributed by atoms with Crippen LogP contribution in [0.25, 0.3) is 0 Å². The van der Waals surface area contributed by atoms with E-state index < -0.39 is 5.97 Å². The van der Waals surface area contributed by atoms with Gasteiger partial charge in [0.15, 0.2) is 0 Å². The second kappa shape index (κ2) is 7.46. The Labute approximate surface area is 91.8 Å². The van der Waals surface area contributed by atoms with Crippen LogP contribution in [0.2, 0.25) is 0 Å². The van der Waals surface area contributed by atoms with Crippen molar-refractivity contribution in [2.75, 3.05) is 6.61 Å². The summed E-state index contributed by atoms with van der Waals surface area (Å²) in [5, 5.41) is 18.0. The molecule has 0 spiro atoms. The zero-order chi connectivity index (χ0) is 11.8. The van der Waals surface area contributed by atoms with Crippen LogP contribution >= 0.6 is 0 Å². The second-order valence-electron chi connectivity index (χ2n) is 3.96. The fourth-order valence-electron chi connectivity index (χ4n) is 1.75. The Morgan fingerprint density at radius 2 is 2.00 bits per heavy atom. The minimum atomic E-state index is -0.871. The van der Waals surface area contributed by atoms with Gasteiger partial charge in [-0.05, 0) is 25.2 Å². The van der Waals surface area contributed by atoms with Crippen LogP contribution in [0.5, 0.6) is 0 Å². The Balaban J connectivity index is 4.64. The van der Waals surface area contributed by atoms with Crippen LogP contribution < -0.4 is 0 Å². The van der Waals surface area contributed by atoms with E-state index in [2.05, 4.69) is 6.92 Å². The summed E-state index contributed by atoms with van der Waals surface area (Å²) in [5.41, 5.74) is 0.375. The Bertz CT molecular complexity index is 217. The molecule has 0 aliphatic heterocycles. The molecule has 0 aromatic rings. The highest BCUT2D eigenvalue weighted by Gasteiger charge is 2.17. The third-order valence-corrected chi connectivity index (χ3v) is 2.79. The van der Waals surface area contributed by atoms with Gasteiger partial charge in [0.25, 0.3) is 0 Å². The highest BCUT2D eigenvalue weighted by Crippen LogP contribution is 2.23. The molecule has 0 aromatic heterocycles. The lowest BCUT2D eigenvalue weighted by molar-refractivity contribution is -0.132. The minimum absolute atomic E-state index is 0.130. The predicted molar refractivity (Wildman–Crippen MR) is 60.7 cm³/mol. The SMILES string of the molecule is CCCC(/C=C(\C)C(=O)O)C(CC)CO. The molecule has 3 nitrogen and oxygen atoms in total. The Morgan fingerprint density at radius 3 is 2.33 bits per heavy atom. The standard InChI is InChI=1S/C12H22O3/c1-4-6-11(10(5-2)8-13)7-9(3)12(14)15/h7,10-11,13H,4-6,8H2,1-3H3,(H,14,15)/b9-7+. The maximum absolute atomic E-state index is 10.7. The van der Waals surface area contributed by atoms with Crippen molar-refractivity contribution in [1.82, 2.24) is 0 Å². The van der Waals surface area contributed by atoms with E-state index in [-0.39, 0.29) is 18.4 Å². The number of aliphatic hydroxyl groups is 1. The van der Waals surface area contributed by atoms with Gasteiger partial charge in [0.2, 0.25) is 0 Å². The number of aliphatic hydroxyl groups excluding tert-OH is 1. The molecule has 0 aliphatic carbocycles. The maximum atomic E-state index is 10.7. The molecule has 0 bridgehead atoms. The molecule has 2 unspecified atom stereocenters. The third-order valence-electron chi connectivity index (χ3n) is 2.79. The maximum Gasteiger partial charge on any atom is 0.330 e.